The fourth-order valence-electron chi connectivity index (χ4n) is 2.70. The Morgan fingerprint density at radius 2 is 1.92 bits per heavy atom. The summed E-state index contributed by atoms with van der Waals surface area (Å²) >= 11 is 1.56. The molecule has 2 amide bonds. The highest BCUT2D eigenvalue weighted by molar-refractivity contribution is 8.03. The van der Waals surface area contributed by atoms with Crippen LogP contribution in [0.2, 0.25) is 0 Å². The molecule has 0 bridgehead atoms. The number of thioether (sulfide) groups is 1. The summed E-state index contributed by atoms with van der Waals surface area (Å²) < 4.78 is 5.44. The normalized spacial score (nSPS) is 23.2. The van der Waals surface area contributed by atoms with E-state index >= 15 is 0 Å². The van der Waals surface area contributed by atoms with Gasteiger partial charge in [-0.3, -0.25) is 4.79 Å². The lowest BCUT2D eigenvalue weighted by Gasteiger charge is -2.24. The number of hydrogen-bond acceptors (Lipinski definition) is 5. The fourth-order valence-corrected chi connectivity index (χ4v) is 3.35. The van der Waals surface area contributed by atoms with Gasteiger partial charge in [0.1, 0.15) is 6.10 Å². The molecule has 1 heterocycles. The molecule has 4 atom stereocenters. The second-order valence-corrected chi connectivity index (χ2v) is 9.23. The molecule has 1 aliphatic rings. The largest absolute Gasteiger partial charge is 0.439 e. The van der Waals surface area contributed by atoms with E-state index < -0.39 is 36.2 Å². The van der Waals surface area contributed by atoms with Crippen LogP contribution in [-0.4, -0.2) is 38.9 Å². The molecule has 2 rings (SSSR count). The topological polar surface area (TPSA) is 66.8 Å². The van der Waals surface area contributed by atoms with Gasteiger partial charge in [0.05, 0.1) is 18.1 Å². The van der Waals surface area contributed by atoms with Gasteiger partial charge in [0.25, 0.3) is 0 Å². The molecule has 0 aliphatic carbocycles. The third-order valence-electron chi connectivity index (χ3n) is 4.23. The van der Waals surface area contributed by atoms with Crippen LogP contribution in [0.3, 0.4) is 0 Å². The van der Waals surface area contributed by atoms with Crippen LogP contribution in [0.15, 0.2) is 41.8 Å². The lowest BCUT2D eigenvalue weighted by Crippen LogP contribution is -2.43. The quantitative estimate of drug-likeness (QED) is 0.835. The first kappa shape index (κ1) is 20.5. The van der Waals surface area contributed by atoms with Crippen molar-refractivity contribution in [1.82, 2.24) is 4.90 Å². The summed E-state index contributed by atoms with van der Waals surface area (Å²) in [5.41, 5.74) is 0.846. The van der Waals surface area contributed by atoms with E-state index in [1.807, 2.05) is 30.3 Å². The second kappa shape index (κ2) is 8.27. The molecule has 0 aromatic heterocycles. The number of aliphatic hydroxyl groups excluding tert-OH is 1. The Labute approximate surface area is 159 Å². The van der Waals surface area contributed by atoms with Crippen LogP contribution in [0.5, 0.6) is 0 Å². The van der Waals surface area contributed by atoms with Gasteiger partial charge in [0.15, 0.2) is 0 Å². The Bertz CT molecular complexity index is 668. The number of hydrogen-bond donors (Lipinski definition) is 1. The third kappa shape index (κ3) is 4.89. The number of amides is 2. The summed E-state index contributed by atoms with van der Waals surface area (Å²) in [6, 6.07) is 8.92. The summed E-state index contributed by atoms with van der Waals surface area (Å²) in [6.07, 6.45) is -0.528. The summed E-state index contributed by atoms with van der Waals surface area (Å²) in [6.45, 7) is 9.59. The second-order valence-electron chi connectivity index (χ2n) is 7.50. The third-order valence-corrected chi connectivity index (χ3v) is 5.23. The Kier molecular flexibility index (Phi) is 6.53. The number of carbonyl (C=O) groups excluding carboxylic acids is 2. The molecule has 1 aliphatic heterocycles. The van der Waals surface area contributed by atoms with Crippen molar-refractivity contribution in [3.8, 4) is 0 Å². The van der Waals surface area contributed by atoms with Gasteiger partial charge in [-0.25, -0.2) is 9.69 Å². The van der Waals surface area contributed by atoms with Crippen LogP contribution >= 0.6 is 11.8 Å². The Hall–Kier alpha value is -1.79. The molecule has 26 heavy (non-hydrogen) atoms. The van der Waals surface area contributed by atoms with E-state index in [9.17, 15) is 14.7 Å². The molecule has 0 radical (unpaired) electrons. The van der Waals surface area contributed by atoms with Crippen LogP contribution in [-0.2, 0) is 9.53 Å². The Balaban J connectivity index is 2.07. The van der Waals surface area contributed by atoms with E-state index in [2.05, 4.69) is 20.8 Å². The van der Waals surface area contributed by atoms with Crippen molar-refractivity contribution in [2.45, 2.75) is 57.6 Å². The van der Waals surface area contributed by atoms with E-state index in [1.165, 1.54) is 0 Å². The number of aliphatic hydroxyl groups is 1. The zero-order chi connectivity index (χ0) is 19.5. The van der Waals surface area contributed by atoms with Gasteiger partial charge in [-0.1, -0.05) is 58.0 Å². The molecule has 1 N–H and O–H groups in total. The monoisotopic (exact) mass is 377 g/mol. The van der Waals surface area contributed by atoms with Crippen molar-refractivity contribution in [3.63, 3.8) is 0 Å². The van der Waals surface area contributed by atoms with Crippen molar-refractivity contribution in [2.75, 3.05) is 0 Å². The highest BCUT2D eigenvalue weighted by atomic mass is 32.2. The average Bonchev–Trinajstić information content (AvgIpc) is 2.87. The minimum absolute atomic E-state index is 0.0274. The van der Waals surface area contributed by atoms with E-state index in [0.717, 1.165) is 10.5 Å². The van der Waals surface area contributed by atoms with Gasteiger partial charge < -0.3 is 9.84 Å². The fraction of sp³-hybridized carbons (Fsp3) is 0.500. The Morgan fingerprint density at radius 1 is 1.31 bits per heavy atom. The van der Waals surface area contributed by atoms with Crippen molar-refractivity contribution in [1.29, 1.82) is 0 Å². The van der Waals surface area contributed by atoms with Gasteiger partial charge in [-0.2, -0.15) is 0 Å². The molecule has 1 aromatic rings. The van der Waals surface area contributed by atoms with Gasteiger partial charge in [0, 0.05) is 4.75 Å². The lowest BCUT2D eigenvalue weighted by atomic mass is 10.00. The SMILES string of the molecule is C[C@@H]1[C@H](c2ccccc2)OC(=O)N1C(=O)[C@H](C)[C@@H](O)/C=C/SC(C)(C)C. The number of rotatable bonds is 5. The zero-order valence-electron chi connectivity index (χ0n) is 15.9. The number of ether oxygens (including phenoxy) is 1. The summed E-state index contributed by atoms with van der Waals surface area (Å²) in [5.74, 6) is -1.17. The van der Waals surface area contributed by atoms with Crippen LogP contribution in [0, 0.1) is 5.92 Å². The summed E-state index contributed by atoms with van der Waals surface area (Å²) in [4.78, 5) is 26.2. The zero-order valence-corrected chi connectivity index (χ0v) is 16.7. The van der Waals surface area contributed by atoms with E-state index in [0.29, 0.717) is 0 Å². The standard InChI is InChI=1S/C20H27NO4S/c1-13(16(22)11-12-26-20(3,4)5)18(23)21-14(2)17(25-19(21)24)15-9-7-6-8-10-15/h6-14,16-17,22H,1-5H3/b12-11+/t13-,14-,16+,17-/m1/s1. The number of cyclic esters (lactones) is 1. The first-order valence-corrected chi connectivity index (χ1v) is 9.61. The maximum absolute atomic E-state index is 12.8. The summed E-state index contributed by atoms with van der Waals surface area (Å²) in [5, 5.41) is 12.1. The van der Waals surface area contributed by atoms with Crippen LogP contribution in [0.1, 0.15) is 46.3 Å². The van der Waals surface area contributed by atoms with Gasteiger partial charge >= 0.3 is 6.09 Å². The lowest BCUT2D eigenvalue weighted by molar-refractivity contribution is -0.135. The number of nitrogens with zero attached hydrogens (tertiary/aromatic N) is 1. The number of carbonyl (C=O) groups is 2. The van der Waals surface area contributed by atoms with E-state index in [4.69, 9.17) is 4.74 Å². The minimum atomic E-state index is -0.965. The maximum atomic E-state index is 12.8. The van der Waals surface area contributed by atoms with Crippen LogP contribution < -0.4 is 0 Å². The first-order chi connectivity index (χ1) is 12.1. The van der Waals surface area contributed by atoms with Crippen molar-refractivity contribution >= 4 is 23.8 Å². The molecule has 6 heteroatoms. The predicted octanol–water partition coefficient (Wildman–Crippen LogP) is 4.14. The number of benzene rings is 1. The molecular formula is C20H27NO4S. The van der Waals surface area contributed by atoms with Gasteiger partial charge in [-0.15, -0.1) is 11.8 Å². The molecule has 142 valence electrons. The molecule has 0 saturated carbocycles. The van der Waals surface area contributed by atoms with Crippen molar-refractivity contribution < 1.29 is 19.4 Å². The van der Waals surface area contributed by atoms with Crippen molar-refractivity contribution in [3.05, 3.63) is 47.4 Å². The molecule has 0 spiro atoms. The maximum Gasteiger partial charge on any atom is 0.417 e. The summed E-state index contributed by atoms with van der Waals surface area (Å²) in [7, 11) is 0. The molecule has 0 unspecified atom stereocenters. The molecular weight excluding hydrogens is 350 g/mol. The molecule has 1 saturated heterocycles. The van der Waals surface area contributed by atoms with Crippen LogP contribution in [0.4, 0.5) is 4.79 Å². The highest BCUT2D eigenvalue weighted by Gasteiger charge is 2.45. The molecule has 1 fully saturated rings. The van der Waals surface area contributed by atoms with Crippen LogP contribution in [0.25, 0.3) is 0 Å². The van der Waals surface area contributed by atoms with Crippen molar-refractivity contribution in [2.24, 2.45) is 5.92 Å². The Morgan fingerprint density at radius 3 is 2.50 bits per heavy atom. The number of imide groups is 1. The van der Waals surface area contributed by atoms with Gasteiger partial charge in [0.2, 0.25) is 5.91 Å². The highest BCUT2D eigenvalue weighted by Crippen LogP contribution is 2.33. The first-order valence-electron chi connectivity index (χ1n) is 8.73. The predicted molar refractivity (Wildman–Crippen MR) is 104 cm³/mol. The minimum Gasteiger partial charge on any atom is -0.439 e. The molecule has 1 aromatic carbocycles. The molecule has 5 nitrogen and oxygen atoms in total. The average molecular weight is 378 g/mol. The smallest absolute Gasteiger partial charge is 0.417 e. The van der Waals surface area contributed by atoms with Gasteiger partial charge in [-0.05, 0) is 24.0 Å². The van der Waals surface area contributed by atoms with E-state index in [1.54, 1.807) is 37.1 Å². The van der Waals surface area contributed by atoms with E-state index in [-0.39, 0.29) is 4.75 Å².